The fourth-order valence-corrected chi connectivity index (χ4v) is 3.50. The SMILES string of the molecule is CCOC(=O)c1ccc2c(c1)n(CC(=O)Nc1ccc(F)c(Cl)c1)c(C)[n+]2CC. The highest BCUT2D eigenvalue weighted by molar-refractivity contribution is 6.31. The fourth-order valence-electron chi connectivity index (χ4n) is 3.32. The van der Waals surface area contributed by atoms with Gasteiger partial charge in [0.05, 0.1) is 23.7 Å². The van der Waals surface area contributed by atoms with Crippen molar-refractivity contribution < 1.29 is 23.3 Å². The van der Waals surface area contributed by atoms with E-state index in [4.69, 9.17) is 16.3 Å². The molecule has 1 amide bonds. The van der Waals surface area contributed by atoms with Crippen LogP contribution in [0, 0.1) is 12.7 Å². The Kier molecular flexibility index (Phi) is 6.17. The van der Waals surface area contributed by atoms with Gasteiger partial charge in [-0.3, -0.25) is 4.79 Å². The number of benzene rings is 2. The molecule has 2 aromatic carbocycles. The molecule has 1 aromatic heterocycles. The van der Waals surface area contributed by atoms with Crippen LogP contribution in [-0.2, 0) is 22.6 Å². The van der Waals surface area contributed by atoms with Crippen molar-refractivity contribution in [2.45, 2.75) is 33.9 Å². The number of nitrogens with one attached hydrogen (secondary N) is 1. The van der Waals surface area contributed by atoms with Crippen LogP contribution in [0.2, 0.25) is 5.02 Å². The van der Waals surface area contributed by atoms with Crippen molar-refractivity contribution in [1.82, 2.24) is 4.57 Å². The van der Waals surface area contributed by atoms with Gasteiger partial charge in [-0.15, -0.1) is 0 Å². The number of halogens is 2. The van der Waals surface area contributed by atoms with E-state index in [1.807, 2.05) is 24.5 Å². The molecule has 0 bridgehead atoms. The number of nitrogens with zero attached hydrogens (tertiary/aromatic N) is 2. The van der Waals surface area contributed by atoms with Gasteiger partial charge in [0.25, 0.3) is 11.7 Å². The van der Waals surface area contributed by atoms with E-state index in [1.54, 1.807) is 19.1 Å². The van der Waals surface area contributed by atoms with Crippen LogP contribution in [-0.4, -0.2) is 23.1 Å². The maximum Gasteiger partial charge on any atom is 0.338 e. The molecule has 29 heavy (non-hydrogen) atoms. The second-order valence-corrected chi connectivity index (χ2v) is 6.89. The number of hydrogen-bond acceptors (Lipinski definition) is 3. The summed E-state index contributed by atoms with van der Waals surface area (Å²) in [6.45, 7) is 6.70. The Morgan fingerprint density at radius 2 is 1.97 bits per heavy atom. The third kappa shape index (κ3) is 4.24. The number of amides is 1. The first-order chi connectivity index (χ1) is 13.8. The molecular weight excluding hydrogens is 397 g/mol. The number of aryl methyl sites for hydroxylation is 1. The van der Waals surface area contributed by atoms with E-state index in [2.05, 4.69) is 9.88 Å². The van der Waals surface area contributed by atoms with E-state index in [0.717, 1.165) is 16.9 Å². The molecule has 152 valence electrons. The summed E-state index contributed by atoms with van der Waals surface area (Å²) in [5.41, 5.74) is 2.50. The van der Waals surface area contributed by atoms with Gasteiger partial charge in [-0.25, -0.2) is 18.3 Å². The third-order valence-electron chi connectivity index (χ3n) is 4.67. The molecule has 0 saturated heterocycles. The zero-order valence-corrected chi connectivity index (χ0v) is 17.2. The third-order valence-corrected chi connectivity index (χ3v) is 4.96. The van der Waals surface area contributed by atoms with Gasteiger partial charge in [0.2, 0.25) is 0 Å². The van der Waals surface area contributed by atoms with E-state index in [-0.39, 0.29) is 24.1 Å². The van der Waals surface area contributed by atoms with Gasteiger partial charge in [-0.1, -0.05) is 11.6 Å². The number of anilines is 1. The van der Waals surface area contributed by atoms with Gasteiger partial charge < -0.3 is 10.1 Å². The van der Waals surface area contributed by atoms with E-state index >= 15 is 0 Å². The van der Waals surface area contributed by atoms with Crippen LogP contribution in [0.5, 0.6) is 0 Å². The standard InChI is InChI=1S/C21H21ClFN3O3/c1-4-25-13(3)26(12-20(27)24-15-7-8-17(23)16(22)11-15)19-10-14(6-9-18(19)25)21(28)29-5-2/h6-11H,4-5,12H2,1-3H3/p+1. The molecule has 0 radical (unpaired) electrons. The lowest BCUT2D eigenvalue weighted by Crippen LogP contribution is -2.35. The number of carbonyl (C=O) groups excluding carboxylic acids is 2. The number of imidazole rings is 1. The van der Waals surface area contributed by atoms with Crippen LogP contribution in [0.1, 0.15) is 30.0 Å². The van der Waals surface area contributed by atoms with Crippen molar-refractivity contribution in [3.8, 4) is 0 Å². The Morgan fingerprint density at radius 1 is 1.21 bits per heavy atom. The summed E-state index contributed by atoms with van der Waals surface area (Å²) in [6.07, 6.45) is 0. The minimum Gasteiger partial charge on any atom is -0.462 e. The summed E-state index contributed by atoms with van der Waals surface area (Å²) in [7, 11) is 0. The average Bonchev–Trinajstić information content (AvgIpc) is 2.95. The summed E-state index contributed by atoms with van der Waals surface area (Å²) >= 11 is 5.78. The number of fused-ring (bicyclic) bond motifs is 1. The molecule has 8 heteroatoms. The molecule has 0 saturated carbocycles. The van der Waals surface area contributed by atoms with Gasteiger partial charge in [0, 0.05) is 18.7 Å². The second-order valence-electron chi connectivity index (χ2n) is 6.48. The highest BCUT2D eigenvalue weighted by atomic mass is 35.5. The molecule has 0 fully saturated rings. The van der Waals surface area contributed by atoms with Gasteiger partial charge >= 0.3 is 5.97 Å². The van der Waals surface area contributed by atoms with Gasteiger partial charge in [-0.05, 0) is 44.2 Å². The summed E-state index contributed by atoms with van der Waals surface area (Å²) in [6, 6.07) is 9.31. The predicted molar refractivity (Wildman–Crippen MR) is 109 cm³/mol. The molecular formula is C21H22ClFN3O3+. The van der Waals surface area contributed by atoms with Gasteiger partial charge in [-0.2, -0.15) is 0 Å². The van der Waals surface area contributed by atoms with E-state index in [1.165, 1.54) is 18.2 Å². The molecule has 1 heterocycles. The number of rotatable bonds is 6. The lowest BCUT2D eigenvalue weighted by Gasteiger charge is -2.06. The largest absolute Gasteiger partial charge is 0.462 e. The predicted octanol–water partition coefficient (Wildman–Crippen LogP) is 3.87. The van der Waals surface area contributed by atoms with Crippen molar-refractivity contribution in [2.24, 2.45) is 0 Å². The number of hydrogen-bond donors (Lipinski definition) is 1. The lowest BCUT2D eigenvalue weighted by atomic mass is 10.2. The zero-order chi connectivity index (χ0) is 21.1. The molecule has 1 N–H and O–H groups in total. The maximum atomic E-state index is 13.3. The van der Waals surface area contributed by atoms with Crippen molar-refractivity contribution in [2.75, 3.05) is 11.9 Å². The molecule has 6 nitrogen and oxygen atoms in total. The Labute approximate surface area is 172 Å². The molecule has 0 aliphatic rings. The monoisotopic (exact) mass is 418 g/mol. The van der Waals surface area contributed by atoms with Crippen LogP contribution in [0.25, 0.3) is 11.0 Å². The van der Waals surface area contributed by atoms with Crippen LogP contribution in [0.3, 0.4) is 0 Å². The van der Waals surface area contributed by atoms with E-state index in [0.29, 0.717) is 17.8 Å². The molecule has 0 unspecified atom stereocenters. The Bertz CT molecular complexity index is 1090. The van der Waals surface area contributed by atoms with E-state index in [9.17, 15) is 14.0 Å². The van der Waals surface area contributed by atoms with Crippen LogP contribution >= 0.6 is 11.6 Å². The summed E-state index contributed by atoms with van der Waals surface area (Å²) in [4.78, 5) is 24.7. The highest BCUT2D eigenvalue weighted by Gasteiger charge is 2.24. The minimum atomic E-state index is -0.549. The molecule has 0 aliphatic heterocycles. The summed E-state index contributed by atoms with van der Waals surface area (Å²) < 4.78 is 22.3. The molecule has 3 aromatic rings. The number of aromatic nitrogens is 2. The van der Waals surface area contributed by atoms with Crippen molar-refractivity contribution >= 4 is 40.2 Å². The Morgan fingerprint density at radius 3 is 2.62 bits per heavy atom. The van der Waals surface area contributed by atoms with Crippen LogP contribution in [0.15, 0.2) is 36.4 Å². The quantitative estimate of drug-likeness (QED) is 0.488. The first-order valence-corrected chi connectivity index (χ1v) is 9.68. The summed E-state index contributed by atoms with van der Waals surface area (Å²) in [5.74, 6) is -0.381. The first-order valence-electron chi connectivity index (χ1n) is 9.30. The molecule has 0 aliphatic carbocycles. The Hall–Kier alpha value is -2.93. The smallest absolute Gasteiger partial charge is 0.338 e. The lowest BCUT2D eigenvalue weighted by molar-refractivity contribution is -0.674. The number of ether oxygens (including phenoxy) is 1. The summed E-state index contributed by atoms with van der Waals surface area (Å²) in [5, 5.41) is 2.66. The van der Waals surface area contributed by atoms with Crippen LogP contribution < -0.4 is 9.88 Å². The number of carbonyl (C=O) groups is 2. The normalized spacial score (nSPS) is 10.9. The van der Waals surface area contributed by atoms with Crippen molar-refractivity contribution in [3.63, 3.8) is 0 Å². The van der Waals surface area contributed by atoms with Crippen LogP contribution in [0.4, 0.5) is 10.1 Å². The molecule has 3 rings (SSSR count). The average molecular weight is 419 g/mol. The van der Waals surface area contributed by atoms with Gasteiger partial charge in [0.1, 0.15) is 5.82 Å². The maximum absolute atomic E-state index is 13.3. The topological polar surface area (TPSA) is 64.2 Å². The van der Waals surface area contributed by atoms with Gasteiger partial charge in [0.15, 0.2) is 17.6 Å². The first kappa shape index (κ1) is 20.8. The molecule has 0 atom stereocenters. The molecule has 0 spiro atoms. The van der Waals surface area contributed by atoms with E-state index < -0.39 is 11.8 Å². The number of esters is 1. The highest BCUT2D eigenvalue weighted by Crippen LogP contribution is 2.21. The fraction of sp³-hybridized carbons (Fsp3) is 0.286. The van der Waals surface area contributed by atoms with Crippen molar-refractivity contribution in [3.05, 3.63) is 58.6 Å². The zero-order valence-electron chi connectivity index (χ0n) is 16.5. The van der Waals surface area contributed by atoms with Crippen molar-refractivity contribution in [1.29, 1.82) is 0 Å². The second kappa shape index (κ2) is 8.61. The Balaban J connectivity index is 1.95. The minimum absolute atomic E-state index is 0.0244.